The zero-order valence-electron chi connectivity index (χ0n) is 10.6. The van der Waals surface area contributed by atoms with Crippen molar-refractivity contribution in [2.45, 2.75) is 20.0 Å². The van der Waals surface area contributed by atoms with Crippen molar-refractivity contribution in [1.82, 2.24) is 5.32 Å². The number of carbonyl (C=O) groups is 1. The zero-order valence-corrected chi connectivity index (χ0v) is 12.1. The number of carbonyl (C=O) groups excluding carboxylic acids is 1. The summed E-state index contributed by atoms with van der Waals surface area (Å²) in [6.45, 7) is 2.93. The Labute approximate surface area is 121 Å². The van der Waals surface area contributed by atoms with Crippen molar-refractivity contribution in [3.05, 3.63) is 33.8 Å². The summed E-state index contributed by atoms with van der Waals surface area (Å²) in [5.74, 6) is -0.461. The second kappa shape index (κ2) is 6.25. The highest BCUT2D eigenvalue weighted by molar-refractivity contribution is 6.36. The topological polar surface area (TPSA) is 73.1 Å². The first-order chi connectivity index (χ1) is 8.79. The quantitative estimate of drug-likeness (QED) is 0.898. The molecule has 0 saturated carbocycles. The van der Waals surface area contributed by atoms with Gasteiger partial charge in [0.2, 0.25) is 5.91 Å². The number of benzene rings is 1. The second-order valence-electron chi connectivity index (χ2n) is 4.60. The molecule has 2 N–H and O–H groups in total. The Hall–Kier alpha value is -1.28. The van der Waals surface area contributed by atoms with Gasteiger partial charge in [0, 0.05) is 22.2 Å². The minimum Gasteiger partial charge on any atom is -0.386 e. The fourth-order valence-corrected chi connectivity index (χ4v) is 2.04. The Morgan fingerprint density at radius 2 is 2.00 bits per heavy atom. The van der Waals surface area contributed by atoms with Gasteiger partial charge < -0.3 is 10.4 Å². The maximum absolute atomic E-state index is 11.7. The van der Waals surface area contributed by atoms with Crippen molar-refractivity contribution in [2.75, 3.05) is 6.54 Å². The van der Waals surface area contributed by atoms with Gasteiger partial charge in [0.15, 0.2) is 0 Å². The number of amides is 1. The summed E-state index contributed by atoms with van der Waals surface area (Å²) in [5.41, 5.74) is -0.787. The lowest BCUT2D eigenvalue weighted by molar-refractivity contribution is -0.127. The lowest BCUT2D eigenvalue weighted by atomic mass is 9.94. The zero-order chi connectivity index (χ0) is 14.6. The van der Waals surface area contributed by atoms with Crippen LogP contribution < -0.4 is 5.32 Å². The van der Waals surface area contributed by atoms with Crippen molar-refractivity contribution >= 4 is 29.1 Å². The van der Waals surface area contributed by atoms with Crippen LogP contribution in [0.1, 0.15) is 25.5 Å². The van der Waals surface area contributed by atoms with Crippen LogP contribution in [0.3, 0.4) is 0 Å². The van der Waals surface area contributed by atoms with E-state index in [0.717, 1.165) is 0 Å². The third-order valence-corrected chi connectivity index (χ3v) is 3.30. The highest BCUT2D eigenvalue weighted by Crippen LogP contribution is 2.30. The average Bonchev–Trinajstić information content (AvgIpc) is 2.35. The molecule has 1 aromatic rings. The molecule has 1 atom stereocenters. The number of hydrogen-bond acceptors (Lipinski definition) is 3. The van der Waals surface area contributed by atoms with Gasteiger partial charge in [0.1, 0.15) is 5.41 Å². The third-order valence-electron chi connectivity index (χ3n) is 2.64. The van der Waals surface area contributed by atoms with Gasteiger partial charge in [-0.3, -0.25) is 4.79 Å². The Bertz CT molecular complexity index is 504. The number of nitrogens with one attached hydrogen (secondary N) is 1. The monoisotopic (exact) mass is 300 g/mol. The highest BCUT2D eigenvalue weighted by atomic mass is 35.5. The minimum absolute atomic E-state index is 0.0621. The molecular weight excluding hydrogens is 287 g/mol. The number of nitrogens with zero attached hydrogens (tertiary/aromatic N) is 1. The molecule has 1 aromatic carbocycles. The maximum atomic E-state index is 11.7. The summed E-state index contributed by atoms with van der Waals surface area (Å²) < 4.78 is 0. The van der Waals surface area contributed by atoms with E-state index in [4.69, 9.17) is 28.5 Å². The van der Waals surface area contributed by atoms with E-state index in [1.54, 1.807) is 18.2 Å². The molecule has 6 heteroatoms. The molecule has 1 amide bonds. The molecule has 102 valence electrons. The minimum atomic E-state index is -1.15. The lowest BCUT2D eigenvalue weighted by Gasteiger charge is -2.19. The number of aliphatic hydroxyl groups is 1. The van der Waals surface area contributed by atoms with E-state index in [1.807, 2.05) is 6.07 Å². The molecule has 0 heterocycles. The van der Waals surface area contributed by atoms with E-state index in [-0.39, 0.29) is 6.54 Å². The van der Waals surface area contributed by atoms with E-state index in [1.165, 1.54) is 13.8 Å². The Balaban J connectivity index is 2.75. The van der Waals surface area contributed by atoms with E-state index < -0.39 is 17.4 Å². The third kappa shape index (κ3) is 3.84. The van der Waals surface area contributed by atoms with Crippen molar-refractivity contribution in [1.29, 1.82) is 5.26 Å². The van der Waals surface area contributed by atoms with Gasteiger partial charge >= 0.3 is 0 Å². The van der Waals surface area contributed by atoms with Crippen LogP contribution in [-0.2, 0) is 4.79 Å². The molecule has 4 nitrogen and oxygen atoms in total. The Kier molecular flexibility index (Phi) is 5.19. The first-order valence-electron chi connectivity index (χ1n) is 5.61. The molecule has 19 heavy (non-hydrogen) atoms. The molecular formula is C13H14Cl2N2O2. The van der Waals surface area contributed by atoms with Gasteiger partial charge in [-0.2, -0.15) is 5.26 Å². The van der Waals surface area contributed by atoms with Gasteiger partial charge in [0.05, 0.1) is 12.2 Å². The molecule has 0 spiro atoms. The van der Waals surface area contributed by atoms with Crippen molar-refractivity contribution in [3.63, 3.8) is 0 Å². The Morgan fingerprint density at radius 1 is 1.47 bits per heavy atom. The predicted octanol–water partition coefficient (Wildman–Crippen LogP) is 2.69. The summed E-state index contributed by atoms with van der Waals surface area (Å²) in [7, 11) is 0. The fourth-order valence-electron chi connectivity index (χ4n) is 1.39. The van der Waals surface area contributed by atoms with Crippen LogP contribution in [0.25, 0.3) is 0 Å². The summed E-state index contributed by atoms with van der Waals surface area (Å²) in [5, 5.41) is 22.0. The molecule has 0 aliphatic rings. The normalized spacial score (nSPS) is 12.6. The standard InChI is InChI=1S/C13H14Cl2N2O2/c1-13(2,7-16)12(19)17-6-10(18)11-8(14)4-3-5-9(11)15/h3-5,10,18H,6H2,1-2H3,(H,17,19). The van der Waals surface area contributed by atoms with Crippen LogP contribution in [-0.4, -0.2) is 17.6 Å². The van der Waals surface area contributed by atoms with Gasteiger partial charge in [-0.1, -0.05) is 29.3 Å². The Morgan fingerprint density at radius 3 is 2.47 bits per heavy atom. The molecule has 1 unspecified atom stereocenters. The summed E-state index contributed by atoms with van der Waals surface area (Å²) >= 11 is 11.9. The van der Waals surface area contributed by atoms with Gasteiger partial charge in [-0.05, 0) is 26.0 Å². The highest BCUT2D eigenvalue weighted by Gasteiger charge is 2.27. The van der Waals surface area contributed by atoms with Gasteiger partial charge in [-0.25, -0.2) is 0 Å². The van der Waals surface area contributed by atoms with Crippen LogP contribution >= 0.6 is 23.2 Å². The van der Waals surface area contributed by atoms with E-state index >= 15 is 0 Å². The molecule has 0 bridgehead atoms. The number of aliphatic hydroxyl groups excluding tert-OH is 1. The molecule has 0 aliphatic carbocycles. The first-order valence-corrected chi connectivity index (χ1v) is 6.36. The van der Waals surface area contributed by atoms with Crippen LogP contribution in [0.2, 0.25) is 10.0 Å². The second-order valence-corrected chi connectivity index (χ2v) is 5.41. The smallest absolute Gasteiger partial charge is 0.240 e. The molecule has 0 saturated heterocycles. The van der Waals surface area contributed by atoms with E-state index in [0.29, 0.717) is 15.6 Å². The van der Waals surface area contributed by atoms with E-state index in [2.05, 4.69) is 5.32 Å². The number of rotatable bonds is 4. The maximum Gasteiger partial charge on any atom is 0.240 e. The number of halogens is 2. The van der Waals surface area contributed by atoms with Crippen LogP contribution in [0.5, 0.6) is 0 Å². The largest absolute Gasteiger partial charge is 0.386 e. The number of hydrogen-bond donors (Lipinski definition) is 2. The van der Waals surface area contributed by atoms with Crippen molar-refractivity contribution in [3.8, 4) is 6.07 Å². The van der Waals surface area contributed by atoms with Crippen LogP contribution in [0.15, 0.2) is 18.2 Å². The molecule has 0 aliphatic heterocycles. The average molecular weight is 301 g/mol. The van der Waals surface area contributed by atoms with Crippen LogP contribution in [0, 0.1) is 16.7 Å². The molecule has 0 radical (unpaired) electrons. The van der Waals surface area contributed by atoms with Crippen LogP contribution in [0.4, 0.5) is 0 Å². The summed E-state index contributed by atoms with van der Waals surface area (Å²) in [6, 6.07) is 6.75. The fraction of sp³-hybridized carbons (Fsp3) is 0.385. The molecule has 0 fully saturated rings. The molecule has 0 aromatic heterocycles. The van der Waals surface area contributed by atoms with Crippen molar-refractivity contribution < 1.29 is 9.90 Å². The SMILES string of the molecule is CC(C)(C#N)C(=O)NCC(O)c1c(Cl)cccc1Cl. The van der Waals surface area contributed by atoms with Gasteiger partial charge in [-0.15, -0.1) is 0 Å². The predicted molar refractivity (Wildman–Crippen MR) is 73.8 cm³/mol. The summed E-state index contributed by atoms with van der Waals surface area (Å²) in [4.78, 5) is 11.7. The number of nitriles is 1. The first kappa shape index (κ1) is 15.8. The molecule has 1 rings (SSSR count). The summed E-state index contributed by atoms with van der Waals surface area (Å²) in [6.07, 6.45) is -1.03. The lowest BCUT2D eigenvalue weighted by Crippen LogP contribution is -2.38. The van der Waals surface area contributed by atoms with E-state index in [9.17, 15) is 9.90 Å². The van der Waals surface area contributed by atoms with Crippen molar-refractivity contribution in [2.24, 2.45) is 5.41 Å². The van der Waals surface area contributed by atoms with Gasteiger partial charge in [0.25, 0.3) is 0 Å².